The first-order chi connectivity index (χ1) is 15.2. The smallest absolute Gasteiger partial charge is 0.302 e. The van der Waals surface area contributed by atoms with E-state index in [1.807, 2.05) is 4.72 Å². The number of aromatic nitrogens is 2. The molecule has 0 aliphatic rings. The zero-order chi connectivity index (χ0) is 23.3. The van der Waals surface area contributed by atoms with Crippen LogP contribution in [0.3, 0.4) is 0 Å². The van der Waals surface area contributed by atoms with Gasteiger partial charge in [0.2, 0.25) is 10.0 Å². The molecule has 0 spiro atoms. The fourth-order valence-electron chi connectivity index (χ4n) is 2.76. The topological polar surface area (TPSA) is 113 Å². The maximum absolute atomic E-state index is 14.7. The van der Waals surface area contributed by atoms with Crippen molar-refractivity contribution in [3.05, 3.63) is 65.6 Å². The third-order valence-corrected chi connectivity index (χ3v) is 5.90. The molecule has 32 heavy (non-hydrogen) atoms. The Hall–Kier alpha value is -3.31. The first-order valence-corrected chi connectivity index (χ1v) is 11.4. The number of hydrogen-bond acceptors (Lipinski definition) is 5. The number of amides is 2. The zero-order valence-corrected chi connectivity index (χ0v) is 18.3. The monoisotopic (exact) mass is 481 g/mol. The van der Waals surface area contributed by atoms with E-state index in [9.17, 15) is 22.0 Å². The highest BCUT2D eigenvalue weighted by Crippen LogP contribution is 2.29. The van der Waals surface area contributed by atoms with Gasteiger partial charge in [0.05, 0.1) is 11.4 Å². The third kappa shape index (κ3) is 5.68. The molecule has 0 unspecified atom stereocenters. The van der Waals surface area contributed by atoms with Crippen LogP contribution in [0.4, 0.5) is 30.8 Å². The van der Waals surface area contributed by atoms with Crippen molar-refractivity contribution in [3.8, 4) is 11.1 Å². The van der Waals surface area contributed by atoms with Crippen molar-refractivity contribution < 1.29 is 22.0 Å². The lowest BCUT2D eigenvalue weighted by Gasteiger charge is -2.14. The van der Waals surface area contributed by atoms with Crippen LogP contribution in [0.1, 0.15) is 13.3 Å². The number of anilines is 3. The Morgan fingerprint density at radius 1 is 1.09 bits per heavy atom. The number of urea groups is 1. The average Bonchev–Trinajstić information content (AvgIpc) is 2.74. The van der Waals surface area contributed by atoms with Gasteiger partial charge < -0.3 is 5.32 Å². The largest absolute Gasteiger partial charge is 0.325 e. The summed E-state index contributed by atoms with van der Waals surface area (Å²) in [5.41, 5.74) is -0.211. The second-order valence-electron chi connectivity index (χ2n) is 6.58. The predicted molar refractivity (Wildman–Crippen MR) is 119 cm³/mol. The molecule has 0 saturated heterocycles. The van der Waals surface area contributed by atoms with Gasteiger partial charge in [0.15, 0.2) is 5.82 Å². The number of nitrogens with one attached hydrogen (secondary N) is 3. The molecule has 12 heteroatoms. The Morgan fingerprint density at radius 2 is 1.81 bits per heavy atom. The van der Waals surface area contributed by atoms with Gasteiger partial charge >= 0.3 is 6.03 Å². The molecule has 1 aromatic heterocycles. The first-order valence-electron chi connectivity index (χ1n) is 9.32. The number of nitrogens with zero attached hydrogens (tertiary/aromatic N) is 2. The molecule has 0 atom stereocenters. The summed E-state index contributed by atoms with van der Waals surface area (Å²) in [5.74, 6) is -2.51. The molecule has 2 amide bonds. The number of rotatable bonds is 7. The summed E-state index contributed by atoms with van der Waals surface area (Å²) < 4.78 is 54.8. The molecule has 3 rings (SSSR count). The van der Waals surface area contributed by atoms with E-state index in [1.165, 1.54) is 12.5 Å². The number of hydrogen-bond donors (Lipinski definition) is 3. The van der Waals surface area contributed by atoms with Crippen LogP contribution < -0.4 is 15.4 Å². The standard InChI is InChI=1S/C20H18ClF2N5O3S/c1-2-9-32(30,31)28-16-8-7-15(22)18(17(16)23)26-20(29)27-19-14(10-24-11-25-19)12-3-5-13(21)6-4-12/h3-8,10-11,28H,2,9H2,1H3,(H2,24,25,26,27,29). The van der Waals surface area contributed by atoms with Crippen LogP contribution in [-0.4, -0.2) is 30.2 Å². The van der Waals surface area contributed by atoms with Crippen molar-refractivity contribution in [1.82, 2.24) is 9.97 Å². The highest BCUT2D eigenvalue weighted by Gasteiger charge is 2.20. The Labute approximate surface area is 188 Å². The van der Waals surface area contributed by atoms with Gasteiger partial charge in [-0.15, -0.1) is 0 Å². The first kappa shape index (κ1) is 23.4. The van der Waals surface area contributed by atoms with Crippen molar-refractivity contribution in [2.45, 2.75) is 13.3 Å². The molecule has 0 fully saturated rings. The SMILES string of the molecule is CCCS(=O)(=O)Nc1ccc(F)c(NC(=O)Nc2ncncc2-c2ccc(Cl)cc2)c1F. The minimum absolute atomic E-state index is 0.0837. The summed E-state index contributed by atoms with van der Waals surface area (Å²) in [6, 6.07) is 7.44. The molecule has 3 N–H and O–H groups in total. The Kier molecular flexibility index (Phi) is 7.21. The molecular weight excluding hydrogens is 464 g/mol. The van der Waals surface area contributed by atoms with Gasteiger partial charge in [-0.2, -0.15) is 0 Å². The summed E-state index contributed by atoms with van der Waals surface area (Å²) >= 11 is 5.89. The van der Waals surface area contributed by atoms with Crippen LogP contribution in [-0.2, 0) is 10.0 Å². The second-order valence-corrected chi connectivity index (χ2v) is 8.85. The van der Waals surface area contributed by atoms with Gasteiger partial charge in [0, 0.05) is 16.8 Å². The molecule has 1 heterocycles. The lowest BCUT2D eigenvalue weighted by Crippen LogP contribution is -2.23. The number of carbonyl (C=O) groups is 1. The molecule has 168 valence electrons. The van der Waals surface area contributed by atoms with E-state index in [0.717, 1.165) is 12.1 Å². The van der Waals surface area contributed by atoms with Gasteiger partial charge in [0.1, 0.15) is 23.6 Å². The fourth-order valence-corrected chi connectivity index (χ4v) is 4.01. The van der Waals surface area contributed by atoms with E-state index in [1.54, 1.807) is 31.2 Å². The average molecular weight is 482 g/mol. The van der Waals surface area contributed by atoms with Gasteiger partial charge in [-0.3, -0.25) is 10.0 Å². The summed E-state index contributed by atoms with van der Waals surface area (Å²) in [5, 5.41) is 4.98. The predicted octanol–water partition coefficient (Wildman–Crippen LogP) is 4.87. The van der Waals surface area contributed by atoms with Crippen molar-refractivity contribution in [2.24, 2.45) is 0 Å². The molecular formula is C20H18ClF2N5O3S. The normalized spacial score (nSPS) is 11.1. The van der Waals surface area contributed by atoms with Crippen molar-refractivity contribution in [3.63, 3.8) is 0 Å². The van der Waals surface area contributed by atoms with Crippen LogP contribution in [0.2, 0.25) is 5.02 Å². The van der Waals surface area contributed by atoms with Crippen molar-refractivity contribution in [1.29, 1.82) is 0 Å². The Balaban J connectivity index is 1.83. The minimum Gasteiger partial charge on any atom is -0.302 e. The highest BCUT2D eigenvalue weighted by molar-refractivity contribution is 7.92. The Morgan fingerprint density at radius 3 is 2.50 bits per heavy atom. The highest BCUT2D eigenvalue weighted by atomic mass is 35.5. The molecule has 0 aliphatic carbocycles. The van der Waals surface area contributed by atoms with Crippen LogP contribution in [0.25, 0.3) is 11.1 Å². The number of benzene rings is 2. The summed E-state index contributed by atoms with van der Waals surface area (Å²) in [6.07, 6.45) is 2.95. The van der Waals surface area contributed by atoms with E-state index in [0.29, 0.717) is 22.6 Å². The minimum atomic E-state index is -3.82. The number of carbonyl (C=O) groups excluding carboxylic acids is 1. The summed E-state index contributed by atoms with van der Waals surface area (Å²) in [6.45, 7) is 1.64. The maximum atomic E-state index is 14.7. The summed E-state index contributed by atoms with van der Waals surface area (Å²) in [4.78, 5) is 20.4. The second kappa shape index (κ2) is 9.88. The Bertz CT molecular complexity index is 1240. The third-order valence-electron chi connectivity index (χ3n) is 4.17. The van der Waals surface area contributed by atoms with Crippen molar-refractivity contribution in [2.75, 3.05) is 21.1 Å². The molecule has 0 saturated carbocycles. The van der Waals surface area contributed by atoms with Crippen LogP contribution >= 0.6 is 11.6 Å². The number of sulfonamides is 1. The quantitative estimate of drug-likeness (QED) is 0.445. The van der Waals surface area contributed by atoms with Gasteiger partial charge in [0.25, 0.3) is 0 Å². The molecule has 0 radical (unpaired) electrons. The molecule has 0 aliphatic heterocycles. The van der Waals surface area contributed by atoms with E-state index in [-0.39, 0.29) is 11.6 Å². The molecule has 3 aromatic rings. The van der Waals surface area contributed by atoms with Crippen molar-refractivity contribution >= 4 is 44.8 Å². The van der Waals surface area contributed by atoms with Gasteiger partial charge in [-0.05, 0) is 36.2 Å². The summed E-state index contributed by atoms with van der Waals surface area (Å²) in [7, 11) is -3.82. The lowest BCUT2D eigenvalue weighted by molar-refractivity contribution is 0.262. The maximum Gasteiger partial charge on any atom is 0.325 e. The molecule has 2 aromatic carbocycles. The van der Waals surface area contributed by atoms with E-state index in [4.69, 9.17) is 11.6 Å². The van der Waals surface area contributed by atoms with E-state index < -0.39 is 39.1 Å². The fraction of sp³-hybridized carbons (Fsp3) is 0.150. The lowest BCUT2D eigenvalue weighted by atomic mass is 10.1. The van der Waals surface area contributed by atoms with Crippen LogP contribution in [0, 0.1) is 11.6 Å². The van der Waals surface area contributed by atoms with Crippen LogP contribution in [0.5, 0.6) is 0 Å². The van der Waals surface area contributed by atoms with Gasteiger partial charge in [-0.1, -0.05) is 30.7 Å². The van der Waals surface area contributed by atoms with E-state index in [2.05, 4.69) is 20.6 Å². The molecule has 8 nitrogen and oxygen atoms in total. The van der Waals surface area contributed by atoms with Crippen LogP contribution in [0.15, 0.2) is 48.9 Å². The number of halogens is 3. The van der Waals surface area contributed by atoms with E-state index >= 15 is 0 Å². The zero-order valence-electron chi connectivity index (χ0n) is 16.7. The molecule has 0 bridgehead atoms. The van der Waals surface area contributed by atoms with Gasteiger partial charge in [-0.25, -0.2) is 32.0 Å².